The van der Waals surface area contributed by atoms with Gasteiger partial charge in [0.15, 0.2) is 0 Å². The molecule has 1 aromatic carbocycles. The average Bonchev–Trinajstić information content (AvgIpc) is 3.02. The van der Waals surface area contributed by atoms with Gasteiger partial charge in [-0.2, -0.15) is 5.10 Å². The molecule has 124 valence electrons. The van der Waals surface area contributed by atoms with Crippen LogP contribution < -0.4 is 0 Å². The van der Waals surface area contributed by atoms with Crippen LogP contribution >= 0.6 is 0 Å². The van der Waals surface area contributed by atoms with Gasteiger partial charge in [0.05, 0.1) is 17.1 Å². The van der Waals surface area contributed by atoms with E-state index in [9.17, 15) is 0 Å². The molecule has 0 saturated carbocycles. The third-order valence-corrected chi connectivity index (χ3v) is 4.69. The minimum atomic E-state index is 0.393. The molecular formula is C20H24N4. The fourth-order valence-electron chi connectivity index (χ4n) is 3.19. The van der Waals surface area contributed by atoms with Crippen LogP contribution in [0.15, 0.2) is 41.9 Å². The molecule has 0 spiro atoms. The zero-order valence-electron chi connectivity index (χ0n) is 14.4. The Kier molecular flexibility index (Phi) is 4.76. The molecule has 0 aliphatic heterocycles. The van der Waals surface area contributed by atoms with Gasteiger partial charge < -0.3 is 0 Å². The fourth-order valence-corrected chi connectivity index (χ4v) is 3.19. The van der Waals surface area contributed by atoms with Crippen molar-refractivity contribution in [3.8, 4) is 11.3 Å². The first-order chi connectivity index (χ1) is 11.6. The van der Waals surface area contributed by atoms with Gasteiger partial charge in [-0.25, -0.2) is 0 Å². The van der Waals surface area contributed by atoms with Crippen LogP contribution in [0.4, 0.5) is 5.69 Å². The summed E-state index contributed by atoms with van der Waals surface area (Å²) in [7, 11) is 2.16. The number of rotatable bonds is 6. The van der Waals surface area contributed by atoms with Crippen molar-refractivity contribution in [3.63, 3.8) is 0 Å². The van der Waals surface area contributed by atoms with Crippen LogP contribution in [0, 0.1) is 6.92 Å². The molecule has 0 bridgehead atoms. The van der Waals surface area contributed by atoms with Crippen molar-refractivity contribution in [2.24, 2.45) is 4.99 Å². The summed E-state index contributed by atoms with van der Waals surface area (Å²) in [6, 6.07) is 6.60. The number of aryl methyl sites for hydroxylation is 1. The van der Waals surface area contributed by atoms with E-state index in [-0.39, 0.29) is 0 Å². The number of hydrogen-bond acceptors (Lipinski definition) is 3. The first kappa shape index (κ1) is 16.4. The normalized spacial score (nSPS) is 16.2. The summed E-state index contributed by atoms with van der Waals surface area (Å²) in [5.41, 5.74) is 6.60. The molecule has 1 aliphatic carbocycles. The van der Waals surface area contributed by atoms with E-state index >= 15 is 0 Å². The SMILES string of the molecule is C=CCCN(C)C1C=Cc2[nH]nc(-c3ccc(N=C)c(C)c3)c2C1. The number of nitrogens with one attached hydrogen (secondary N) is 1. The molecule has 24 heavy (non-hydrogen) atoms. The van der Waals surface area contributed by atoms with Crippen molar-refractivity contribution >= 4 is 18.5 Å². The van der Waals surface area contributed by atoms with Gasteiger partial charge in [0, 0.05) is 23.7 Å². The maximum atomic E-state index is 4.56. The second-order valence-corrected chi connectivity index (χ2v) is 6.31. The van der Waals surface area contributed by atoms with Crippen LogP contribution in [0.1, 0.15) is 23.2 Å². The summed E-state index contributed by atoms with van der Waals surface area (Å²) in [5.74, 6) is 0. The van der Waals surface area contributed by atoms with Crippen LogP contribution in [0.5, 0.6) is 0 Å². The van der Waals surface area contributed by atoms with Crippen molar-refractivity contribution in [2.75, 3.05) is 13.6 Å². The molecule has 3 rings (SSSR count). The Bertz CT molecular complexity index is 785. The summed E-state index contributed by atoms with van der Waals surface area (Å²) >= 11 is 0. The van der Waals surface area contributed by atoms with Crippen molar-refractivity contribution in [1.82, 2.24) is 15.1 Å². The van der Waals surface area contributed by atoms with Gasteiger partial charge in [0.1, 0.15) is 0 Å². The van der Waals surface area contributed by atoms with E-state index < -0.39 is 0 Å². The maximum Gasteiger partial charge on any atom is 0.0959 e. The van der Waals surface area contributed by atoms with Gasteiger partial charge in [-0.15, -0.1) is 6.58 Å². The van der Waals surface area contributed by atoms with E-state index in [1.807, 2.05) is 12.1 Å². The summed E-state index contributed by atoms with van der Waals surface area (Å²) in [6.45, 7) is 10.5. The Hall–Kier alpha value is -2.46. The summed E-state index contributed by atoms with van der Waals surface area (Å²) < 4.78 is 0. The number of likely N-dealkylation sites (N-methyl/N-ethyl adjacent to an activating group) is 1. The lowest BCUT2D eigenvalue weighted by Gasteiger charge is -2.27. The molecule has 1 unspecified atom stereocenters. The topological polar surface area (TPSA) is 44.3 Å². The fraction of sp³-hybridized carbons (Fsp3) is 0.300. The monoisotopic (exact) mass is 320 g/mol. The lowest BCUT2D eigenvalue weighted by atomic mass is 9.93. The van der Waals surface area contributed by atoms with Crippen LogP contribution in [0.2, 0.25) is 0 Å². The molecule has 0 radical (unpaired) electrons. The molecule has 1 N–H and O–H groups in total. The molecule has 2 aromatic rings. The minimum Gasteiger partial charge on any atom is -0.299 e. The first-order valence-corrected chi connectivity index (χ1v) is 8.28. The predicted molar refractivity (Wildman–Crippen MR) is 102 cm³/mol. The van der Waals surface area contributed by atoms with E-state index in [2.05, 4.69) is 71.6 Å². The second kappa shape index (κ2) is 6.97. The molecule has 1 aromatic heterocycles. The van der Waals surface area contributed by atoms with Gasteiger partial charge in [-0.05, 0) is 57.3 Å². The van der Waals surface area contributed by atoms with Gasteiger partial charge in [-0.3, -0.25) is 15.0 Å². The smallest absolute Gasteiger partial charge is 0.0959 e. The number of fused-ring (bicyclic) bond motifs is 1. The number of nitrogens with zero attached hydrogens (tertiary/aromatic N) is 3. The Morgan fingerprint density at radius 1 is 1.46 bits per heavy atom. The van der Waals surface area contributed by atoms with Crippen LogP contribution in [-0.4, -0.2) is 41.4 Å². The van der Waals surface area contributed by atoms with E-state index in [1.54, 1.807) is 0 Å². The third kappa shape index (κ3) is 3.10. The Morgan fingerprint density at radius 2 is 2.29 bits per heavy atom. The molecule has 1 aliphatic rings. The standard InChI is InChI=1S/C20H24N4/c1-5-6-11-24(4)16-8-10-19-17(13-16)20(23-22-19)15-7-9-18(21-3)14(2)12-15/h5,7-10,12,16H,1,3,6,11,13H2,2,4H3,(H,22,23). The first-order valence-electron chi connectivity index (χ1n) is 8.28. The number of benzene rings is 1. The second-order valence-electron chi connectivity index (χ2n) is 6.31. The van der Waals surface area contributed by atoms with Crippen LogP contribution in [0.3, 0.4) is 0 Å². The van der Waals surface area contributed by atoms with Gasteiger partial charge in [0.2, 0.25) is 0 Å². The Balaban J connectivity index is 1.89. The Morgan fingerprint density at radius 3 is 3.00 bits per heavy atom. The third-order valence-electron chi connectivity index (χ3n) is 4.69. The molecule has 1 heterocycles. The summed E-state index contributed by atoms with van der Waals surface area (Å²) in [4.78, 5) is 6.41. The quantitative estimate of drug-likeness (QED) is 0.641. The molecule has 0 saturated heterocycles. The highest BCUT2D eigenvalue weighted by atomic mass is 15.1. The van der Waals surface area contributed by atoms with Crippen LogP contribution in [-0.2, 0) is 6.42 Å². The summed E-state index contributed by atoms with van der Waals surface area (Å²) in [6.07, 6.45) is 8.34. The highest BCUT2D eigenvalue weighted by molar-refractivity contribution is 5.72. The summed E-state index contributed by atoms with van der Waals surface area (Å²) in [5, 5.41) is 7.73. The number of aliphatic imine (C=N–C) groups is 1. The van der Waals surface area contributed by atoms with Crippen molar-refractivity contribution in [2.45, 2.75) is 25.8 Å². The zero-order valence-corrected chi connectivity index (χ0v) is 14.4. The van der Waals surface area contributed by atoms with E-state index in [0.717, 1.165) is 47.6 Å². The van der Waals surface area contributed by atoms with Crippen molar-refractivity contribution in [3.05, 3.63) is 53.8 Å². The number of aromatic amines is 1. The largest absolute Gasteiger partial charge is 0.299 e. The maximum absolute atomic E-state index is 4.56. The minimum absolute atomic E-state index is 0.393. The van der Waals surface area contributed by atoms with Crippen molar-refractivity contribution in [1.29, 1.82) is 0 Å². The van der Waals surface area contributed by atoms with Gasteiger partial charge in [-0.1, -0.05) is 18.2 Å². The van der Waals surface area contributed by atoms with Gasteiger partial charge in [0.25, 0.3) is 0 Å². The number of hydrogen-bond donors (Lipinski definition) is 1. The van der Waals surface area contributed by atoms with Crippen LogP contribution in [0.25, 0.3) is 17.3 Å². The Labute approximate surface area is 143 Å². The highest BCUT2D eigenvalue weighted by Crippen LogP contribution is 2.32. The molecule has 4 heteroatoms. The predicted octanol–water partition coefficient (Wildman–Crippen LogP) is 4.16. The van der Waals surface area contributed by atoms with Crippen molar-refractivity contribution < 1.29 is 0 Å². The molecule has 4 nitrogen and oxygen atoms in total. The molecular weight excluding hydrogens is 296 g/mol. The van der Waals surface area contributed by atoms with Gasteiger partial charge >= 0.3 is 0 Å². The molecule has 0 amide bonds. The molecule has 0 fully saturated rings. The average molecular weight is 320 g/mol. The zero-order chi connectivity index (χ0) is 17.1. The highest BCUT2D eigenvalue weighted by Gasteiger charge is 2.23. The van der Waals surface area contributed by atoms with E-state index in [1.165, 1.54) is 5.56 Å². The van der Waals surface area contributed by atoms with E-state index in [4.69, 9.17) is 0 Å². The lowest BCUT2D eigenvalue weighted by molar-refractivity contribution is 0.285. The number of H-pyrrole nitrogens is 1. The number of aromatic nitrogens is 2. The lowest BCUT2D eigenvalue weighted by Crippen LogP contribution is -2.33. The van der Waals surface area contributed by atoms with E-state index in [0.29, 0.717) is 6.04 Å². The molecule has 1 atom stereocenters.